The fourth-order valence-corrected chi connectivity index (χ4v) is 3.81. The van der Waals surface area contributed by atoms with E-state index in [0.29, 0.717) is 12.1 Å². The van der Waals surface area contributed by atoms with Crippen LogP contribution in [0.1, 0.15) is 16.8 Å². The SMILES string of the molecule is Cl.Cl.NN[C@@H]1C[C@@H](CNC(=O)c2cc(-c3ccc(F)cc3)cc(-c3ccc(F)cc3)c2)CN1. The molecule has 0 spiro atoms. The molecule has 176 valence electrons. The summed E-state index contributed by atoms with van der Waals surface area (Å²) in [6.07, 6.45) is 0.876. The van der Waals surface area contributed by atoms with Gasteiger partial charge < -0.3 is 10.6 Å². The van der Waals surface area contributed by atoms with E-state index in [0.717, 1.165) is 35.2 Å². The molecule has 0 aromatic heterocycles. The van der Waals surface area contributed by atoms with Gasteiger partial charge in [0.2, 0.25) is 0 Å². The number of nitrogens with one attached hydrogen (secondary N) is 3. The summed E-state index contributed by atoms with van der Waals surface area (Å²) >= 11 is 0. The highest BCUT2D eigenvalue weighted by Crippen LogP contribution is 2.29. The number of benzene rings is 3. The predicted octanol–water partition coefficient (Wildman–Crippen LogP) is 4.27. The molecular weight excluding hydrogens is 469 g/mol. The minimum absolute atomic E-state index is 0. The Hall–Kier alpha value is -2.55. The average molecular weight is 495 g/mol. The minimum Gasteiger partial charge on any atom is -0.352 e. The molecule has 9 heteroatoms. The number of halogens is 4. The molecule has 0 bridgehead atoms. The van der Waals surface area contributed by atoms with Gasteiger partial charge in [0.15, 0.2) is 0 Å². The van der Waals surface area contributed by atoms with Crippen LogP contribution in [0.15, 0.2) is 66.7 Å². The molecule has 3 aromatic carbocycles. The zero-order chi connectivity index (χ0) is 21.8. The lowest BCUT2D eigenvalue weighted by atomic mass is 9.95. The number of hydrogen-bond acceptors (Lipinski definition) is 4. The van der Waals surface area contributed by atoms with E-state index in [1.165, 1.54) is 24.3 Å². The molecule has 5 nitrogen and oxygen atoms in total. The van der Waals surface area contributed by atoms with E-state index >= 15 is 0 Å². The maximum Gasteiger partial charge on any atom is 0.251 e. The van der Waals surface area contributed by atoms with Gasteiger partial charge in [-0.3, -0.25) is 10.6 Å². The lowest BCUT2D eigenvalue weighted by molar-refractivity contribution is 0.0948. The molecule has 3 aromatic rings. The maximum atomic E-state index is 13.4. The van der Waals surface area contributed by atoms with E-state index in [1.54, 1.807) is 36.4 Å². The zero-order valence-electron chi connectivity index (χ0n) is 17.7. The molecular formula is C24H26Cl2F2N4O. The second-order valence-electron chi connectivity index (χ2n) is 7.75. The van der Waals surface area contributed by atoms with Crippen LogP contribution in [-0.4, -0.2) is 25.2 Å². The van der Waals surface area contributed by atoms with Crippen molar-refractivity contribution in [2.75, 3.05) is 13.1 Å². The molecule has 33 heavy (non-hydrogen) atoms. The second-order valence-corrected chi connectivity index (χ2v) is 7.75. The molecule has 1 heterocycles. The van der Waals surface area contributed by atoms with Gasteiger partial charge in [-0.05, 0) is 77.1 Å². The molecule has 1 aliphatic heterocycles. The van der Waals surface area contributed by atoms with Crippen LogP contribution in [0.5, 0.6) is 0 Å². The van der Waals surface area contributed by atoms with Crippen molar-refractivity contribution >= 4 is 30.7 Å². The molecule has 1 aliphatic rings. The predicted molar refractivity (Wildman–Crippen MR) is 131 cm³/mol. The van der Waals surface area contributed by atoms with E-state index < -0.39 is 0 Å². The Morgan fingerprint density at radius 2 is 1.39 bits per heavy atom. The number of hydrazine groups is 1. The Balaban J connectivity index is 0.00000193. The lowest BCUT2D eigenvalue weighted by Crippen LogP contribution is -2.41. The molecule has 0 radical (unpaired) electrons. The number of amides is 1. The Kier molecular flexibility index (Phi) is 9.76. The van der Waals surface area contributed by atoms with Crippen LogP contribution in [0.25, 0.3) is 22.3 Å². The van der Waals surface area contributed by atoms with Crippen molar-refractivity contribution in [3.05, 3.63) is 83.9 Å². The molecule has 0 unspecified atom stereocenters. The lowest BCUT2D eigenvalue weighted by Gasteiger charge is -2.13. The van der Waals surface area contributed by atoms with Gasteiger partial charge >= 0.3 is 0 Å². The minimum atomic E-state index is -0.327. The number of nitrogens with two attached hydrogens (primary N) is 1. The summed E-state index contributed by atoms with van der Waals surface area (Å²) in [6.45, 7) is 1.29. The topological polar surface area (TPSA) is 79.2 Å². The largest absolute Gasteiger partial charge is 0.352 e. The summed E-state index contributed by atoms with van der Waals surface area (Å²) in [5.41, 5.74) is 6.32. The summed E-state index contributed by atoms with van der Waals surface area (Å²) in [6, 6.07) is 17.7. The monoisotopic (exact) mass is 494 g/mol. The average Bonchev–Trinajstić information content (AvgIpc) is 3.26. The summed E-state index contributed by atoms with van der Waals surface area (Å²) in [7, 11) is 0. The molecule has 0 saturated carbocycles. The summed E-state index contributed by atoms with van der Waals surface area (Å²) in [5.74, 6) is 4.89. The van der Waals surface area contributed by atoms with Gasteiger partial charge in [0.1, 0.15) is 11.6 Å². The van der Waals surface area contributed by atoms with E-state index in [2.05, 4.69) is 16.1 Å². The van der Waals surface area contributed by atoms with Crippen LogP contribution in [0.2, 0.25) is 0 Å². The van der Waals surface area contributed by atoms with Crippen LogP contribution >= 0.6 is 24.8 Å². The van der Waals surface area contributed by atoms with Gasteiger partial charge in [-0.15, -0.1) is 24.8 Å². The number of carbonyl (C=O) groups is 1. The van der Waals surface area contributed by atoms with Crippen LogP contribution in [0.3, 0.4) is 0 Å². The summed E-state index contributed by atoms with van der Waals surface area (Å²) in [5, 5.41) is 6.24. The molecule has 0 aliphatic carbocycles. The quantitative estimate of drug-likeness (QED) is 0.304. The smallest absolute Gasteiger partial charge is 0.251 e. The maximum absolute atomic E-state index is 13.4. The van der Waals surface area contributed by atoms with Gasteiger partial charge in [0.05, 0.1) is 6.17 Å². The Bertz CT molecular complexity index is 1000. The first-order valence-electron chi connectivity index (χ1n) is 10.2. The van der Waals surface area contributed by atoms with Gasteiger partial charge in [-0.25, -0.2) is 14.2 Å². The third kappa shape index (κ3) is 6.72. The molecule has 1 fully saturated rings. The first-order valence-corrected chi connectivity index (χ1v) is 10.2. The Morgan fingerprint density at radius 1 is 0.879 bits per heavy atom. The number of hydrogen-bond donors (Lipinski definition) is 4. The molecule has 5 N–H and O–H groups in total. The first-order chi connectivity index (χ1) is 15.0. The highest BCUT2D eigenvalue weighted by molar-refractivity contribution is 5.97. The summed E-state index contributed by atoms with van der Waals surface area (Å²) < 4.78 is 26.8. The van der Waals surface area contributed by atoms with Crippen LogP contribution < -0.4 is 21.9 Å². The third-order valence-electron chi connectivity index (χ3n) is 5.52. The molecule has 2 atom stereocenters. The Morgan fingerprint density at radius 3 is 1.85 bits per heavy atom. The normalized spacial score (nSPS) is 17.1. The van der Waals surface area contributed by atoms with Crippen molar-refractivity contribution in [2.45, 2.75) is 12.6 Å². The number of carbonyl (C=O) groups excluding carboxylic acids is 1. The molecule has 1 amide bonds. The van der Waals surface area contributed by atoms with Crippen molar-refractivity contribution in [1.82, 2.24) is 16.1 Å². The van der Waals surface area contributed by atoms with E-state index in [9.17, 15) is 13.6 Å². The van der Waals surface area contributed by atoms with Gasteiger partial charge in [0.25, 0.3) is 5.91 Å². The highest BCUT2D eigenvalue weighted by Gasteiger charge is 2.23. The van der Waals surface area contributed by atoms with Gasteiger partial charge in [-0.2, -0.15) is 0 Å². The molecule has 4 rings (SSSR count). The van der Waals surface area contributed by atoms with Gasteiger partial charge in [0, 0.05) is 18.7 Å². The standard InChI is InChI=1S/C24H24F2N4O.2ClH/c25-21-5-1-16(2-6-21)18-10-19(17-3-7-22(26)8-4-17)12-20(11-18)24(31)29-14-15-9-23(30-27)28-13-15;;/h1-8,10-12,15,23,28,30H,9,13-14,27H2,(H,29,31);2*1H/t15-,23-;;/m1../s1. The summed E-state index contributed by atoms with van der Waals surface area (Å²) in [4.78, 5) is 12.9. The van der Waals surface area contributed by atoms with Crippen molar-refractivity contribution < 1.29 is 13.6 Å². The van der Waals surface area contributed by atoms with E-state index in [4.69, 9.17) is 5.84 Å². The number of rotatable bonds is 6. The van der Waals surface area contributed by atoms with Crippen molar-refractivity contribution in [2.24, 2.45) is 11.8 Å². The van der Waals surface area contributed by atoms with Crippen molar-refractivity contribution in [3.8, 4) is 22.3 Å². The van der Waals surface area contributed by atoms with Crippen LogP contribution in [0.4, 0.5) is 8.78 Å². The van der Waals surface area contributed by atoms with Crippen LogP contribution in [0, 0.1) is 17.6 Å². The Labute approximate surface area is 203 Å². The second kappa shape index (κ2) is 12.1. The van der Waals surface area contributed by atoms with E-state index in [1.807, 2.05) is 6.07 Å². The third-order valence-corrected chi connectivity index (χ3v) is 5.52. The van der Waals surface area contributed by atoms with Crippen LogP contribution in [-0.2, 0) is 0 Å². The van der Waals surface area contributed by atoms with Crippen molar-refractivity contribution in [1.29, 1.82) is 0 Å². The van der Waals surface area contributed by atoms with Gasteiger partial charge in [-0.1, -0.05) is 24.3 Å². The zero-order valence-corrected chi connectivity index (χ0v) is 19.3. The van der Waals surface area contributed by atoms with Crippen molar-refractivity contribution in [3.63, 3.8) is 0 Å². The van der Waals surface area contributed by atoms with E-state index in [-0.39, 0.29) is 54.4 Å². The highest BCUT2D eigenvalue weighted by atomic mass is 35.5. The molecule has 1 saturated heterocycles. The first kappa shape index (κ1) is 26.7. The fraction of sp³-hybridized carbons (Fsp3) is 0.208. The fourth-order valence-electron chi connectivity index (χ4n) is 3.81.